The van der Waals surface area contributed by atoms with Gasteiger partial charge in [0.2, 0.25) is 0 Å². The normalized spacial score (nSPS) is 11.5. The number of pyridine rings is 2. The number of hydrogen-bond donors (Lipinski definition) is 0. The van der Waals surface area contributed by atoms with Crippen molar-refractivity contribution in [3.05, 3.63) is 157 Å². The number of fused-ring (bicyclic) bond motifs is 6. The van der Waals surface area contributed by atoms with E-state index in [4.69, 9.17) is 9.97 Å². The summed E-state index contributed by atoms with van der Waals surface area (Å²) in [7, 11) is 0. The zero-order valence-corrected chi connectivity index (χ0v) is 24.7. The molecule has 5 aromatic carbocycles. The minimum Gasteiger partial charge on any atom is -0.308 e. The fraction of sp³-hybridized carbons (Fsp3) is 0. The maximum Gasteiger partial charge on any atom is 0.145 e. The van der Waals surface area contributed by atoms with Gasteiger partial charge in [0.25, 0.3) is 0 Å². The second kappa shape index (κ2) is 10.3. The Morgan fingerprint density at radius 2 is 1.13 bits per heavy atom. The lowest BCUT2D eigenvalue weighted by Crippen LogP contribution is -1.99. The van der Waals surface area contributed by atoms with Crippen molar-refractivity contribution >= 4 is 43.7 Å². The number of benzene rings is 5. The lowest BCUT2D eigenvalue weighted by Gasteiger charge is -2.14. The molecule has 46 heavy (non-hydrogen) atoms. The van der Waals surface area contributed by atoms with Crippen molar-refractivity contribution in [1.82, 2.24) is 19.1 Å². The minimum atomic E-state index is 0.610. The number of hydrogen-bond acceptors (Lipinski definition) is 3. The van der Waals surface area contributed by atoms with E-state index in [1.807, 2.05) is 36.7 Å². The van der Waals surface area contributed by atoms with Gasteiger partial charge in [0.15, 0.2) is 0 Å². The van der Waals surface area contributed by atoms with E-state index in [-0.39, 0.29) is 0 Å². The predicted molar refractivity (Wildman–Crippen MR) is 186 cm³/mol. The zero-order valence-electron chi connectivity index (χ0n) is 24.7. The lowest BCUT2D eigenvalue weighted by molar-refractivity contribution is 1.14. The average molecular weight is 588 g/mol. The van der Waals surface area contributed by atoms with Crippen LogP contribution in [-0.4, -0.2) is 19.1 Å². The molecule has 0 fully saturated rings. The second-order valence-electron chi connectivity index (χ2n) is 11.4. The molecular formula is C41H25N5. The number of nitriles is 1. The number of rotatable bonds is 4. The number of nitrogens with zero attached hydrogens (tertiary/aromatic N) is 5. The van der Waals surface area contributed by atoms with Crippen molar-refractivity contribution in [2.24, 2.45) is 0 Å². The molecule has 0 saturated carbocycles. The van der Waals surface area contributed by atoms with E-state index in [2.05, 4.69) is 130 Å². The van der Waals surface area contributed by atoms with Gasteiger partial charge < -0.3 is 4.57 Å². The van der Waals surface area contributed by atoms with Gasteiger partial charge in [-0.05, 0) is 66.2 Å². The van der Waals surface area contributed by atoms with E-state index >= 15 is 0 Å². The zero-order chi connectivity index (χ0) is 30.6. The molecule has 9 aromatic rings. The molecule has 0 aliphatic carbocycles. The molecule has 5 heteroatoms. The molecule has 0 radical (unpaired) electrons. The summed E-state index contributed by atoms with van der Waals surface area (Å²) in [6.45, 7) is 0. The smallest absolute Gasteiger partial charge is 0.145 e. The van der Waals surface area contributed by atoms with Gasteiger partial charge in [0.05, 0.1) is 51.4 Å². The molecule has 5 nitrogen and oxygen atoms in total. The average Bonchev–Trinajstić information content (AvgIpc) is 3.65. The SMILES string of the molecule is N#Cc1ccc(-n2c3ccccc3c3cccnc32)c(-c2ccc(-c3ccc(-n4c5ccccc5c5ccccc54)cn3)cc2)c1. The van der Waals surface area contributed by atoms with E-state index in [1.54, 1.807) is 0 Å². The third-order valence-corrected chi connectivity index (χ3v) is 8.88. The Hall–Kier alpha value is -6.51. The van der Waals surface area contributed by atoms with Crippen molar-refractivity contribution in [3.63, 3.8) is 0 Å². The highest BCUT2D eigenvalue weighted by molar-refractivity contribution is 6.09. The van der Waals surface area contributed by atoms with Crippen molar-refractivity contribution in [3.8, 4) is 39.8 Å². The summed E-state index contributed by atoms with van der Waals surface area (Å²) in [5, 5.41) is 14.5. The standard InChI is InChI=1S/C41H25N5/c42-25-27-15-22-40(46-39-14-6-3-10-33(39)34-11-7-23-43-41(34)46)35(24-27)28-16-18-29(19-17-28)36-21-20-30(26-44-36)45-37-12-4-1-8-31(37)32-9-2-5-13-38(32)45/h1-24,26H. The molecule has 0 N–H and O–H groups in total. The molecule has 0 unspecified atom stereocenters. The minimum absolute atomic E-state index is 0.610. The van der Waals surface area contributed by atoms with Crippen LogP contribution in [-0.2, 0) is 0 Å². The molecule has 4 aromatic heterocycles. The first kappa shape index (κ1) is 25.9. The largest absolute Gasteiger partial charge is 0.308 e. The van der Waals surface area contributed by atoms with E-state index in [1.165, 1.54) is 10.8 Å². The summed E-state index contributed by atoms with van der Waals surface area (Å²) in [6, 6.07) is 50.3. The Balaban J connectivity index is 1.12. The predicted octanol–water partition coefficient (Wildman–Crippen LogP) is 9.88. The molecule has 0 atom stereocenters. The summed E-state index contributed by atoms with van der Waals surface area (Å²) < 4.78 is 4.47. The molecule has 0 saturated heterocycles. The Morgan fingerprint density at radius 3 is 1.78 bits per heavy atom. The molecule has 0 spiro atoms. The Labute approximate surface area is 264 Å². The van der Waals surface area contributed by atoms with E-state index < -0.39 is 0 Å². The van der Waals surface area contributed by atoms with Crippen LogP contribution in [0.1, 0.15) is 5.56 Å². The quantitative estimate of drug-likeness (QED) is 0.206. The van der Waals surface area contributed by atoms with Gasteiger partial charge in [-0.1, -0.05) is 78.9 Å². The first-order chi connectivity index (χ1) is 22.8. The molecule has 9 rings (SSSR count). The van der Waals surface area contributed by atoms with Gasteiger partial charge in [-0.3, -0.25) is 9.55 Å². The van der Waals surface area contributed by atoms with Crippen LogP contribution in [0.25, 0.3) is 77.5 Å². The van der Waals surface area contributed by atoms with Crippen molar-refractivity contribution < 1.29 is 0 Å². The molecule has 0 amide bonds. The van der Waals surface area contributed by atoms with Crippen LogP contribution in [0.5, 0.6) is 0 Å². The third kappa shape index (κ3) is 3.94. The van der Waals surface area contributed by atoms with Gasteiger partial charge >= 0.3 is 0 Å². The Morgan fingerprint density at radius 1 is 0.522 bits per heavy atom. The summed E-state index contributed by atoms with van der Waals surface area (Å²) in [5.74, 6) is 0. The number of aromatic nitrogens is 4. The summed E-state index contributed by atoms with van der Waals surface area (Å²) in [6.07, 6.45) is 3.78. The molecular weight excluding hydrogens is 562 g/mol. The molecule has 0 aliphatic rings. The van der Waals surface area contributed by atoms with Crippen molar-refractivity contribution in [2.75, 3.05) is 0 Å². The highest BCUT2D eigenvalue weighted by atomic mass is 15.0. The van der Waals surface area contributed by atoms with Crippen molar-refractivity contribution in [1.29, 1.82) is 5.26 Å². The van der Waals surface area contributed by atoms with Crippen molar-refractivity contribution in [2.45, 2.75) is 0 Å². The third-order valence-electron chi connectivity index (χ3n) is 8.88. The van der Waals surface area contributed by atoms with E-state index in [0.29, 0.717) is 5.56 Å². The topological polar surface area (TPSA) is 59.4 Å². The van der Waals surface area contributed by atoms with Gasteiger partial charge in [-0.25, -0.2) is 4.98 Å². The Kier molecular flexibility index (Phi) is 5.81. The van der Waals surface area contributed by atoms with Crippen LogP contribution in [0.15, 0.2) is 152 Å². The van der Waals surface area contributed by atoms with Crippen LogP contribution < -0.4 is 0 Å². The monoisotopic (exact) mass is 587 g/mol. The van der Waals surface area contributed by atoms with Gasteiger partial charge in [0, 0.05) is 38.9 Å². The van der Waals surface area contributed by atoms with E-state index in [0.717, 1.165) is 66.7 Å². The van der Waals surface area contributed by atoms with Crippen LogP contribution in [0.3, 0.4) is 0 Å². The molecule has 0 aliphatic heterocycles. The summed E-state index contributed by atoms with van der Waals surface area (Å²) >= 11 is 0. The molecule has 214 valence electrons. The van der Waals surface area contributed by atoms with Crippen LogP contribution in [0.2, 0.25) is 0 Å². The first-order valence-corrected chi connectivity index (χ1v) is 15.2. The van der Waals surface area contributed by atoms with Gasteiger partial charge in [0.1, 0.15) is 5.65 Å². The lowest BCUT2D eigenvalue weighted by atomic mass is 9.99. The fourth-order valence-corrected chi connectivity index (χ4v) is 6.78. The van der Waals surface area contributed by atoms with Crippen LogP contribution >= 0.6 is 0 Å². The highest BCUT2D eigenvalue weighted by Crippen LogP contribution is 2.37. The summed E-state index contributed by atoms with van der Waals surface area (Å²) in [4.78, 5) is 9.67. The highest BCUT2D eigenvalue weighted by Gasteiger charge is 2.17. The second-order valence-corrected chi connectivity index (χ2v) is 11.4. The van der Waals surface area contributed by atoms with Gasteiger partial charge in [-0.2, -0.15) is 5.26 Å². The molecule has 4 heterocycles. The first-order valence-electron chi connectivity index (χ1n) is 15.2. The van der Waals surface area contributed by atoms with Crippen LogP contribution in [0.4, 0.5) is 0 Å². The fourth-order valence-electron chi connectivity index (χ4n) is 6.78. The molecule has 0 bridgehead atoms. The Bertz CT molecular complexity index is 2530. The summed E-state index contributed by atoms with van der Waals surface area (Å²) in [5.41, 5.74) is 10.8. The van der Waals surface area contributed by atoms with Gasteiger partial charge in [-0.15, -0.1) is 0 Å². The number of para-hydroxylation sites is 3. The van der Waals surface area contributed by atoms with Crippen LogP contribution in [0, 0.1) is 11.3 Å². The van der Waals surface area contributed by atoms with E-state index in [9.17, 15) is 5.26 Å². The maximum absolute atomic E-state index is 9.80. The maximum atomic E-state index is 9.80.